The van der Waals surface area contributed by atoms with Gasteiger partial charge in [0, 0.05) is 13.1 Å². The fourth-order valence-corrected chi connectivity index (χ4v) is 1.86. The Balaban J connectivity index is 2.11. The fourth-order valence-electron chi connectivity index (χ4n) is 1.86. The fraction of sp³-hybridized carbons (Fsp3) is 0.357. The Labute approximate surface area is 113 Å². The van der Waals surface area contributed by atoms with Crippen LogP contribution in [0.4, 0.5) is 0 Å². The molecule has 0 atom stereocenters. The maximum atomic E-state index is 5.79. The van der Waals surface area contributed by atoms with E-state index >= 15 is 0 Å². The Morgan fingerprint density at radius 1 is 1.32 bits per heavy atom. The van der Waals surface area contributed by atoms with Gasteiger partial charge in [-0.1, -0.05) is 6.07 Å². The third-order valence-electron chi connectivity index (χ3n) is 2.98. The van der Waals surface area contributed by atoms with Crippen LogP contribution in [0, 0.1) is 0 Å². The summed E-state index contributed by atoms with van der Waals surface area (Å²) in [5.41, 5.74) is 7.66. The molecule has 5 heteroatoms. The standard InChI is InChI=1S/C14H19N3O2/c1-3-17-10-16-8-12(17)9-19-13-5-4-11(7-15)6-14(13)18-2/h4-6,8,10H,3,7,9,15H2,1-2H3. The molecule has 1 aromatic carbocycles. The Morgan fingerprint density at radius 2 is 2.16 bits per heavy atom. The summed E-state index contributed by atoms with van der Waals surface area (Å²) in [4.78, 5) is 4.11. The molecule has 0 unspecified atom stereocenters. The number of hydrogen-bond donors (Lipinski definition) is 1. The number of hydrogen-bond acceptors (Lipinski definition) is 4. The van der Waals surface area contributed by atoms with Gasteiger partial charge in [0.2, 0.25) is 0 Å². The summed E-state index contributed by atoms with van der Waals surface area (Å²) in [5, 5.41) is 0. The van der Waals surface area contributed by atoms with Crippen molar-refractivity contribution in [2.24, 2.45) is 5.73 Å². The van der Waals surface area contributed by atoms with Crippen molar-refractivity contribution < 1.29 is 9.47 Å². The molecule has 1 heterocycles. The van der Waals surface area contributed by atoms with Gasteiger partial charge in [-0.2, -0.15) is 0 Å². The second-order valence-electron chi connectivity index (χ2n) is 4.15. The van der Waals surface area contributed by atoms with Crippen molar-refractivity contribution in [2.75, 3.05) is 7.11 Å². The normalized spacial score (nSPS) is 10.5. The van der Waals surface area contributed by atoms with E-state index in [0.29, 0.717) is 24.7 Å². The minimum atomic E-state index is 0.464. The van der Waals surface area contributed by atoms with Crippen molar-refractivity contribution in [3.05, 3.63) is 42.0 Å². The molecular weight excluding hydrogens is 242 g/mol. The summed E-state index contributed by atoms with van der Waals surface area (Å²) in [7, 11) is 1.62. The summed E-state index contributed by atoms with van der Waals surface area (Å²) >= 11 is 0. The molecule has 2 aromatic rings. The minimum Gasteiger partial charge on any atom is -0.493 e. The number of nitrogens with two attached hydrogens (primary N) is 1. The quantitative estimate of drug-likeness (QED) is 0.863. The number of aromatic nitrogens is 2. The summed E-state index contributed by atoms with van der Waals surface area (Å²) in [6.45, 7) is 3.90. The Bertz CT molecular complexity index is 537. The molecule has 0 amide bonds. The number of rotatable bonds is 6. The zero-order chi connectivity index (χ0) is 13.7. The lowest BCUT2D eigenvalue weighted by atomic mass is 10.2. The third-order valence-corrected chi connectivity index (χ3v) is 2.98. The Kier molecular flexibility index (Phi) is 4.41. The molecule has 0 radical (unpaired) electrons. The smallest absolute Gasteiger partial charge is 0.161 e. The van der Waals surface area contributed by atoms with E-state index in [1.54, 1.807) is 13.4 Å². The maximum absolute atomic E-state index is 5.79. The van der Waals surface area contributed by atoms with Crippen molar-refractivity contribution in [1.82, 2.24) is 9.55 Å². The number of ether oxygens (including phenoxy) is 2. The van der Waals surface area contributed by atoms with Crippen LogP contribution in [0.15, 0.2) is 30.7 Å². The molecule has 1 aromatic heterocycles. The van der Waals surface area contributed by atoms with E-state index in [0.717, 1.165) is 17.8 Å². The Morgan fingerprint density at radius 3 is 2.84 bits per heavy atom. The first-order valence-electron chi connectivity index (χ1n) is 6.27. The van der Waals surface area contributed by atoms with Gasteiger partial charge in [-0.3, -0.25) is 0 Å². The molecular formula is C14H19N3O2. The first kappa shape index (κ1) is 13.4. The topological polar surface area (TPSA) is 62.3 Å². The Hall–Kier alpha value is -2.01. The molecule has 2 N–H and O–H groups in total. The van der Waals surface area contributed by atoms with Gasteiger partial charge >= 0.3 is 0 Å². The van der Waals surface area contributed by atoms with Gasteiger partial charge in [-0.25, -0.2) is 4.98 Å². The van der Waals surface area contributed by atoms with E-state index in [1.165, 1.54) is 0 Å². The molecule has 102 valence electrons. The van der Waals surface area contributed by atoms with Crippen molar-refractivity contribution in [1.29, 1.82) is 0 Å². The minimum absolute atomic E-state index is 0.464. The predicted molar refractivity (Wildman–Crippen MR) is 73.1 cm³/mol. The van der Waals surface area contributed by atoms with Gasteiger partial charge < -0.3 is 19.8 Å². The lowest BCUT2D eigenvalue weighted by Gasteiger charge is -2.12. The van der Waals surface area contributed by atoms with E-state index in [2.05, 4.69) is 11.9 Å². The van der Waals surface area contributed by atoms with Crippen molar-refractivity contribution in [2.45, 2.75) is 26.6 Å². The highest BCUT2D eigenvalue weighted by atomic mass is 16.5. The maximum Gasteiger partial charge on any atom is 0.161 e. The summed E-state index contributed by atoms with van der Waals surface area (Å²) < 4.78 is 13.1. The van der Waals surface area contributed by atoms with Crippen LogP contribution in [0.3, 0.4) is 0 Å². The molecule has 19 heavy (non-hydrogen) atoms. The highest BCUT2D eigenvalue weighted by Crippen LogP contribution is 2.28. The van der Waals surface area contributed by atoms with Crippen LogP contribution in [0.25, 0.3) is 0 Å². The lowest BCUT2D eigenvalue weighted by Crippen LogP contribution is -2.05. The van der Waals surface area contributed by atoms with E-state index in [4.69, 9.17) is 15.2 Å². The van der Waals surface area contributed by atoms with Crippen LogP contribution in [-0.2, 0) is 19.7 Å². The van der Waals surface area contributed by atoms with Gasteiger partial charge in [0.1, 0.15) is 6.61 Å². The van der Waals surface area contributed by atoms with Crippen LogP contribution in [-0.4, -0.2) is 16.7 Å². The zero-order valence-corrected chi connectivity index (χ0v) is 11.3. The van der Waals surface area contributed by atoms with E-state index in [1.807, 2.05) is 29.0 Å². The van der Waals surface area contributed by atoms with Crippen molar-refractivity contribution in [3.8, 4) is 11.5 Å². The molecule has 0 bridgehead atoms. The monoisotopic (exact) mass is 261 g/mol. The highest BCUT2D eigenvalue weighted by Gasteiger charge is 2.07. The van der Waals surface area contributed by atoms with Gasteiger partial charge in [-0.05, 0) is 24.6 Å². The van der Waals surface area contributed by atoms with E-state index in [9.17, 15) is 0 Å². The summed E-state index contributed by atoms with van der Waals surface area (Å²) in [6, 6.07) is 5.72. The SMILES string of the molecule is CCn1cncc1COc1ccc(CN)cc1OC. The average Bonchev–Trinajstić information content (AvgIpc) is 2.92. The molecule has 5 nitrogen and oxygen atoms in total. The van der Waals surface area contributed by atoms with Gasteiger partial charge in [0.25, 0.3) is 0 Å². The number of methoxy groups -OCH3 is 1. The molecule has 0 aliphatic heterocycles. The largest absolute Gasteiger partial charge is 0.493 e. The van der Waals surface area contributed by atoms with Gasteiger partial charge in [-0.15, -0.1) is 0 Å². The van der Waals surface area contributed by atoms with Gasteiger partial charge in [0.15, 0.2) is 11.5 Å². The second kappa shape index (κ2) is 6.24. The molecule has 0 fully saturated rings. The number of aryl methyl sites for hydroxylation is 1. The molecule has 2 rings (SSSR count). The predicted octanol–water partition coefficient (Wildman–Crippen LogP) is 1.95. The van der Waals surface area contributed by atoms with Crippen LogP contribution >= 0.6 is 0 Å². The van der Waals surface area contributed by atoms with Gasteiger partial charge in [0.05, 0.1) is 25.3 Å². The summed E-state index contributed by atoms with van der Waals surface area (Å²) in [5.74, 6) is 1.41. The van der Waals surface area contributed by atoms with Crippen molar-refractivity contribution >= 4 is 0 Å². The molecule has 0 aliphatic carbocycles. The second-order valence-corrected chi connectivity index (χ2v) is 4.15. The molecule has 0 spiro atoms. The molecule has 0 saturated heterocycles. The first-order chi connectivity index (χ1) is 9.28. The van der Waals surface area contributed by atoms with Crippen LogP contribution in [0.1, 0.15) is 18.2 Å². The number of nitrogens with zero attached hydrogens (tertiary/aromatic N) is 2. The van der Waals surface area contributed by atoms with Crippen LogP contribution in [0.2, 0.25) is 0 Å². The molecule has 0 aliphatic rings. The summed E-state index contributed by atoms with van der Waals surface area (Å²) in [6.07, 6.45) is 3.61. The molecule has 0 saturated carbocycles. The first-order valence-corrected chi connectivity index (χ1v) is 6.27. The highest BCUT2D eigenvalue weighted by molar-refractivity contribution is 5.42. The van der Waals surface area contributed by atoms with Crippen LogP contribution < -0.4 is 15.2 Å². The number of imidazole rings is 1. The zero-order valence-electron chi connectivity index (χ0n) is 11.3. The van der Waals surface area contributed by atoms with Crippen LogP contribution in [0.5, 0.6) is 11.5 Å². The van der Waals surface area contributed by atoms with Crippen molar-refractivity contribution in [3.63, 3.8) is 0 Å². The third kappa shape index (κ3) is 3.06. The lowest BCUT2D eigenvalue weighted by molar-refractivity contribution is 0.276. The number of benzene rings is 1. The van der Waals surface area contributed by atoms with E-state index in [-0.39, 0.29) is 0 Å². The average molecular weight is 261 g/mol. The van der Waals surface area contributed by atoms with E-state index < -0.39 is 0 Å².